The van der Waals surface area contributed by atoms with E-state index in [9.17, 15) is 22.8 Å². The molecule has 42 heavy (non-hydrogen) atoms. The third kappa shape index (κ3) is 6.59. The minimum Gasteiger partial charge on any atom is -0.490 e. The standard InChI is InChI=1S/C30H36N2O9S/c1-8-40-22-12-18-13-29(2,3)32-26(25(18)20-14-30(4,5)41-27(20)22)17-9-10-19(28(35)39-7)21(11-17)31-23(33)15-42(36,37)16-24(34)38-6/h9-12H,8,13-16H2,1-7H3,(H,31,33). The molecule has 2 aliphatic heterocycles. The number of hydrogen-bond donors (Lipinski definition) is 1. The summed E-state index contributed by atoms with van der Waals surface area (Å²) in [4.78, 5) is 42.0. The lowest BCUT2D eigenvalue weighted by Gasteiger charge is -2.31. The monoisotopic (exact) mass is 600 g/mol. The molecule has 0 unspecified atom stereocenters. The summed E-state index contributed by atoms with van der Waals surface area (Å²) < 4.78 is 46.3. The summed E-state index contributed by atoms with van der Waals surface area (Å²) in [5, 5.41) is 2.52. The molecule has 11 nitrogen and oxygen atoms in total. The number of amides is 1. The molecular weight excluding hydrogens is 564 g/mol. The maximum absolute atomic E-state index is 12.8. The molecule has 2 aliphatic rings. The van der Waals surface area contributed by atoms with Crippen molar-refractivity contribution in [3.8, 4) is 11.5 Å². The average Bonchev–Trinajstić information content (AvgIpc) is 3.21. The van der Waals surface area contributed by atoms with Gasteiger partial charge in [-0.05, 0) is 64.8 Å². The zero-order valence-electron chi connectivity index (χ0n) is 24.9. The summed E-state index contributed by atoms with van der Waals surface area (Å²) in [6.45, 7) is 10.4. The van der Waals surface area contributed by atoms with Gasteiger partial charge in [0.15, 0.2) is 21.3 Å². The predicted molar refractivity (Wildman–Crippen MR) is 157 cm³/mol. The molecule has 0 saturated carbocycles. The number of nitrogens with zero attached hydrogens (tertiary/aromatic N) is 1. The largest absolute Gasteiger partial charge is 0.490 e. The quantitative estimate of drug-likeness (QED) is 0.428. The Morgan fingerprint density at radius 2 is 1.74 bits per heavy atom. The van der Waals surface area contributed by atoms with Crippen LogP contribution in [0.25, 0.3) is 0 Å². The molecule has 4 rings (SSSR count). The minimum atomic E-state index is -4.12. The van der Waals surface area contributed by atoms with Gasteiger partial charge in [-0.1, -0.05) is 6.07 Å². The first-order chi connectivity index (χ1) is 19.6. The van der Waals surface area contributed by atoms with Crippen molar-refractivity contribution in [2.45, 2.75) is 58.6 Å². The average molecular weight is 601 g/mol. The highest BCUT2D eigenvalue weighted by molar-refractivity contribution is 7.92. The van der Waals surface area contributed by atoms with Crippen molar-refractivity contribution in [3.05, 3.63) is 52.1 Å². The summed E-state index contributed by atoms with van der Waals surface area (Å²) in [5.74, 6) is -3.22. The molecule has 1 amide bonds. The van der Waals surface area contributed by atoms with E-state index in [0.29, 0.717) is 42.2 Å². The molecule has 0 aromatic heterocycles. The highest BCUT2D eigenvalue weighted by Gasteiger charge is 2.40. The van der Waals surface area contributed by atoms with Crippen LogP contribution in [0, 0.1) is 0 Å². The second-order valence-electron chi connectivity index (χ2n) is 11.5. The lowest BCUT2D eigenvalue weighted by molar-refractivity contribution is -0.137. The summed E-state index contributed by atoms with van der Waals surface area (Å²) in [6.07, 6.45) is 1.27. The van der Waals surface area contributed by atoms with E-state index in [1.807, 2.05) is 40.7 Å². The number of carbonyl (C=O) groups excluding carboxylic acids is 3. The normalized spacial score (nSPS) is 16.3. The first-order valence-electron chi connectivity index (χ1n) is 13.5. The maximum atomic E-state index is 12.8. The van der Waals surface area contributed by atoms with Gasteiger partial charge in [-0.2, -0.15) is 0 Å². The van der Waals surface area contributed by atoms with E-state index in [-0.39, 0.29) is 11.3 Å². The van der Waals surface area contributed by atoms with E-state index in [4.69, 9.17) is 19.2 Å². The number of fused-ring (bicyclic) bond motifs is 3. The number of benzene rings is 2. The Labute approximate surface area is 245 Å². The molecule has 0 bridgehead atoms. The fourth-order valence-electron chi connectivity index (χ4n) is 5.30. The van der Waals surface area contributed by atoms with Crippen LogP contribution >= 0.6 is 0 Å². The first kappa shape index (κ1) is 31.0. The lowest BCUT2D eigenvalue weighted by atomic mass is 9.80. The second kappa shape index (κ2) is 11.4. The summed E-state index contributed by atoms with van der Waals surface area (Å²) in [7, 11) is -1.86. The van der Waals surface area contributed by atoms with Crippen molar-refractivity contribution in [2.75, 3.05) is 37.6 Å². The van der Waals surface area contributed by atoms with Crippen LogP contribution in [0.5, 0.6) is 11.5 Å². The van der Waals surface area contributed by atoms with E-state index < -0.39 is 50.3 Å². The Bertz CT molecular complexity index is 1590. The molecule has 0 atom stereocenters. The van der Waals surface area contributed by atoms with Gasteiger partial charge in [0.2, 0.25) is 5.91 Å². The second-order valence-corrected chi connectivity index (χ2v) is 13.6. The molecule has 12 heteroatoms. The number of anilines is 1. The summed E-state index contributed by atoms with van der Waals surface area (Å²) in [5.41, 5.74) is 3.26. The van der Waals surface area contributed by atoms with Gasteiger partial charge in [0.05, 0.1) is 43.3 Å². The Kier molecular flexibility index (Phi) is 8.41. The Morgan fingerprint density at radius 1 is 1.02 bits per heavy atom. The highest BCUT2D eigenvalue weighted by atomic mass is 32.2. The topological polar surface area (TPSA) is 147 Å². The van der Waals surface area contributed by atoms with Crippen LogP contribution in [0.1, 0.15) is 67.2 Å². The number of esters is 2. The van der Waals surface area contributed by atoms with Crippen LogP contribution in [0.15, 0.2) is 29.3 Å². The Balaban J connectivity index is 1.82. The van der Waals surface area contributed by atoms with Gasteiger partial charge in [0, 0.05) is 23.1 Å². The van der Waals surface area contributed by atoms with Gasteiger partial charge in [-0.15, -0.1) is 0 Å². The van der Waals surface area contributed by atoms with Gasteiger partial charge in [0.1, 0.15) is 17.1 Å². The van der Waals surface area contributed by atoms with Crippen molar-refractivity contribution in [3.63, 3.8) is 0 Å². The molecule has 0 saturated heterocycles. The van der Waals surface area contributed by atoms with Gasteiger partial charge in [-0.3, -0.25) is 14.6 Å². The molecule has 0 aliphatic carbocycles. The fraction of sp³-hybridized carbons (Fsp3) is 0.467. The molecule has 2 aromatic rings. The molecule has 0 fully saturated rings. The third-order valence-electron chi connectivity index (χ3n) is 6.87. The number of methoxy groups -OCH3 is 2. The number of nitrogens with one attached hydrogen (secondary N) is 1. The van der Waals surface area contributed by atoms with Crippen LogP contribution < -0.4 is 14.8 Å². The van der Waals surface area contributed by atoms with Gasteiger partial charge in [0.25, 0.3) is 0 Å². The van der Waals surface area contributed by atoms with Crippen molar-refractivity contribution in [1.29, 1.82) is 0 Å². The molecule has 226 valence electrons. The maximum Gasteiger partial charge on any atom is 0.339 e. The first-order valence-corrected chi connectivity index (χ1v) is 15.3. The number of rotatable bonds is 9. The van der Waals surface area contributed by atoms with Crippen molar-refractivity contribution in [2.24, 2.45) is 4.99 Å². The van der Waals surface area contributed by atoms with Crippen molar-refractivity contribution < 1.29 is 41.7 Å². The number of ether oxygens (including phenoxy) is 4. The summed E-state index contributed by atoms with van der Waals surface area (Å²) in [6, 6.07) is 6.78. The minimum absolute atomic E-state index is 0.0252. The fourth-order valence-corrected chi connectivity index (χ4v) is 6.35. The molecular formula is C30H36N2O9S. The predicted octanol–water partition coefficient (Wildman–Crippen LogP) is 3.28. The Hall–Kier alpha value is -3.93. The van der Waals surface area contributed by atoms with Gasteiger partial charge >= 0.3 is 11.9 Å². The number of hydrogen-bond acceptors (Lipinski definition) is 10. The van der Waals surface area contributed by atoms with Crippen molar-refractivity contribution >= 4 is 39.1 Å². The van der Waals surface area contributed by atoms with Crippen molar-refractivity contribution in [1.82, 2.24) is 0 Å². The van der Waals surface area contributed by atoms with E-state index in [1.165, 1.54) is 13.2 Å². The molecule has 0 radical (unpaired) electrons. The van der Waals surface area contributed by atoms with Crippen LogP contribution in [0.4, 0.5) is 5.69 Å². The number of carbonyl (C=O) groups is 3. The molecule has 1 N–H and O–H groups in total. The SMILES string of the molecule is CCOc1cc2c(c3c1OC(C)(C)C3)C(c1ccc(C(=O)OC)c(NC(=O)CS(=O)(=O)CC(=O)OC)c1)=NC(C)(C)C2. The molecule has 2 aromatic carbocycles. The van der Waals surface area contributed by atoms with Gasteiger partial charge < -0.3 is 24.3 Å². The van der Waals surface area contributed by atoms with E-state index in [0.717, 1.165) is 23.8 Å². The zero-order valence-corrected chi connectivity index (χ0v) is 25.7. The van der Waals surface area contributed by atoms with E-state index >= 15 is 0 Å². The summed E-state index contributed by atoms with van der Waals surface area (Å²) >= 11 is 0. The van der Waals surface area contributed by atoms with Crippen LogP contribution in [0.2, 0.25) is 0 Å². The highest BCUT2D eigenvalue weighted by Crippen LogP contribution is 2.48. The Morgan fingerprint density at radius 3 is 2.38 bits per heavy atom. The van der Waals surface area contributed by atoms with Gasteiger partial charge in [-0.25, -0.2) is 13.2 Å². The lowest BCUT2D eigenvalue weighted by Crippen LogP contribution is -2.31. The third-order valence-corrected chi connectivity index (χ3v) is 8.25. The van der Waals surface area contributed by atoms with E-state index in [1.54, 1.807) is 12.1 Å². The van der Waals surface area contributed by atoms with Crippen LogP contribution in [-0.4, -0.2) is 75.4 Å². The van der Waals surface area contributed by atoms with Crippen LogP contribution in [-0.2, 0) is 41.7 Å². The zero-order chi connectivity index (χ0) is 31.0. The molecule has 2 heterocycles. The smallest absolute Gasteiger partial charge is 0.339 e. The molecule has 0 spiro atoms. The number of sulfone groups is 1. The van der Waals surface area contributed by atoms with Crippen LogP contribution in [0.3, 0.4) is 0 Å². The van der Waals surface area contributed by atoms with E-state index in [2.05, 4.69) is 10.1 Å². The number of aliphatic imine (C=N–C) groups is 1.